The van der Waals surface area contributed by atoms with Gasteiger partial charge in [0.15, 0.2) is 5.60 Å². The van der Waals surface area contributed by atoms with E-state index in [1.807, 2.05) is 0 Å². The number of hydrogen-bond donors (Lipinski definition) is 1. The van der Waals surface area contributed by atoms with Gasteiger partial charge in [0.25, 0.3) is 0 Å². The van der Waals surface area contributed by atoms with Crippen LogP contribution < -0.4 is 0 Å². The normalized spacial score (nSPS) is 15.9. The molecule has 0 aliphatic rings. The monoisotopic (exact) mass is 438 g/mol. The van der Waals surface area contributed by atoms with E-state index >= 15 is 0 Å². The lowest BCUT2D eigenvalue weighted by atomic mass is 9.79. The molecule has 0 saturated heterocycles. The van der Waals surface area contributed by atoms with E-state index in [0.29, 0.717) is 18.2 Å². The van der Waals surface area contributed by atoms with Gasteiger partial charge in [-0.25, -0.2) is 0 Å². The Morgan fingerprint density at radius 1 is 0.517 bits per heavy atom. The molecule has 0 aliphatic carbocycles. The smallest absolute Gasteiger partial charge is 0.374 e. The van der Waals surface area contributed by atoms with Gasteiger partial charge in [-0.3, -0.25) is 0 Å². The van der Waals surface area contributed by atoms with Crippen molar-refractivity contribution in [1.29, 1.82) is 0 Å². The minimum atomic E-state index is -6.45. The first-order chi connectivity index (χ1) is 12.9. The van der Waals surface area contributed by atoms with E-state index < -0.39 is 52.3 Å². The van der Waals surface area contributed by atoms with Crippen LogP contribution in [0.25, 0.3) is 0 Å². The first-order valence-corrected chi connectivity index (χ1v) is 7.45. The molecule has 29 heavy (non-hydrogen) atoms. The van der Waals surface area contributed by atoms with Gasteiger partial charge in [0.05, 0.1) is 11.1 Å². The lowest BCUT2D eigenvalue weighted by Crippen LogP contribution is -2.55. The molecule has 160 valence electrons. The van der Waals surface area contributed by atoms with Crippen LogP contribution in [0.15, 0.2) is 48.5 Å². The molecule has 1 nitrogen and oxygen atoms in total. The third-order valence-corrected chi connectivity index (χ3v) is 4.05. The highest BCUT2D eigenvalue weighted by Gasteiger charge is 2.71. The number of aliphatic hydroxyl groups is 1. The van der Waals surface area contributed by atoms with Gasteiger partial charge in [-0.2, -0.15) is 48.3 Å². The maximum atomic E-state index is 14.2. The van der Waals surface area contributed by atoms with Gasteiger partial charge in [-0.15, -0.1) is 0 Å². The summed E-state index contributed by atoms with van der Waals surface area (Å²) in [4.78, 5) is 0. The molecule has 0 amide bonds. The summed E-state index contributed by atoms with van der Waals surface area (Å²) in [6.07, 6.45) is -16.6. The second-order valence-electron chi connectivity index (χ2n) is 5.94. The molecule has 0 aromatic heterocycles. The zero-order valence-corrected chi connectivity index (χ0v) is 13.7. The Kier molecular flexibility index (Phi) is 5.42. The molecule has 0 fully saturated rings. The van der Waals surface area contributed by atoms with Crippen molar-refractivity contribution in [3.63, 3.8) is 0 Å². The van der Waals surface area contributed by atoms with Crippen LogP contribution in [0.5, 0.6) is 0 Å². The highest BCUT2D eigenvalue weighted by molar-refractivity contribution is 5.43. The van der Waals surface area contributed by atoms with Crippen molar-refractivity contribution in [2.75, 3.05) is 0 Å². The molecule has 2 aromatic rings. The van der Waals surface area contributed by atoms with E-state index in [1.165, 1.54) is 0 Å². The molecule has 0 heterocycles. The molecule has 1 N–H and O–H groups in total. The largest absolute Gasteiger partial charge is 0.457 e. The fourth-order valence-electron chi connectivity index (χ4n) is 2.56. The fourth-order valence-corrected chi connectivity index (χ4v) is 2.56. The van der Waals surface area contributed by atoms with Gasteiger partial charge in [-0.05, 0) is 35.4 Å². The van der Waals surface area contributed by atoms with Crippen LogP contribution in [0.2, 0.25) is 0 Å². The summed E-state index contributed by atoms with van der Waals surface area (Å²) in [6, 6.07) is 1.64. The predicted molar refractivity (Wildman–Crippen MR) is 76.9 cm³/mol. The lowest BCUT2D eigenvalue weighted by Gasteiger charge is -2.38. The van der Waals surface area contributed by atoms with Crippen molar-refractivity contribution in [1.82, 2.24) is 0 Å². The Balaban J connectivity index is 2.79. The summed E-state index contributed by atoms with van der Waals surface area (Å²) < 4.78 is 144. The average molecular weight is 438 g/mol. The van der Waals surface area contributed by atoms with Crippen molar-refractivity contribution in [3.05, 3.63) is 70.8 Å². The molecule has 12 heteroatoms. The number of benzene rings is 2. The molecular weight excluding hydrogens is 429 g/mol. The second kappa shape index (κ2) is 6.85. The topological polar surface area (TPSA) is 20.2 Å². The Morgan fingerprint density at radius 2 is 0.931 bits per heavy atom. The van der Waals surface area contributed by atoms with Gasteiger partial charge >= 0.3 is 24.5 Å². The van der Waals surface area contributed by atoms with E-state index in [2.05, 4.69) is 0 Å². The summed E-state index contributed by atoms with van der Waals surface area (Å²) in [5.41, 5.74) is -10.4. The standard InChI is InChI=1S/C17H9F11O/c18-14(19,20)10-6-4-9(5-7-10)13(29,16(24,25)17(26,27)28)11-2-1-3-12(8-11)15(21,22)23/h1-8,29H. The minimum absolute atomic E-state index is 0.125. The molecule has 2 rings (SSSR count). The number of rotatable bonds is 3. The zero-order chi connectivity index (χ0) is 22.5. The summed E-state index contributed by atoms with van der Waals surface area (Å²) in [6.45, 7) is 0. The predicted octanol–water partition coefficient (Wildman–Crippen LogP) is 6.16. The maximum absolute atomic E-state index is 14.2. The van der Waals surface area contributed by atoms with Gasteiger partial charge in [0.2, 0.25) is 0 Å². The zero-order valence-electron chi connectivity index (χ0n) is 13.7. The molecule has 1 unspecified atom stereocenters. The highest BCUT2D eigenvalue weighted by Crippen LogP contribution is 2.52. The first kappa shape index (κ1) is 22.9. The molecule has 0 spiro atoms. The van der Waals surface area contributed by atoms with Crippen LogP contribution in [0.1, 0.15) is 22.3 Å². The van der Waals surface area contributed by atoms with Gasteiger partial charge in [-0.1, -0.05) is 24.3 Å². The highest BCUT2D eigenvalue weighted by atomic mass is 19.4. The number of hydrogen-bond acceptors (Lipinski definition) is 1. The molecule has 1 atom stereocenters. The molecule has 0 saturated carbocycles. The average Bonchev–Trinajstić information content (AvgIpc) is 2.58. The fraction of sp³-hybridized carbons (Fsp3) is 0.294. The summed E-state index contributed by atoms with van der Waals surface area (Å²) in [5.74, 6) is -6.05. The summed E-state index contributed by atoms with van der Waals surface area (Å²) in [7, 11) is 0. The molecule has 2 aromatic carbocycles. The van der Waals surface area contributed by atoms with E-state index in [-0.39, 0.29) is 30.3 Å². The van der Waals surface area contributed by atoms with Crippen molar-refractivity contribution in [2.45, 2.75) is 30.1 Å². The van der Waals surface area contributed by atoms with Gasteiger partial charge < -0.3 is 5.11 Å². The SMILES string of the molecule is OC(c1ccc(C(F)(F)F)cc1)(c1cccc(C(F)(F)F)c1)C(F)(F)C(F)(F)F. The second-order valence-corrected chi connectivity index (χ2v) is 5.94. The van der Waals surface area contributed by atoms with Crippen molar-refractivity contribution >= 4 is 0 Å². The third-order valence-electron chi connectivity index (χ3n) is 4.05. The molecular formula is C17H9F11O. The van der Waals surface area contributed by atoms with Crippen LogP contribution in [-0.4, -0.2) is 17.2 Å². The van der Waals surface area contributed by atoms with E-state index in [0.717, 1.165) is 0 Å². The minimum Gasteiger partial charge on any atom is -0.374 e. The Morgan fingerprint density at radius 3 is 1.34 bits per heavy atom. The van der Waals surface area contributed by atoms with Crippen molar-refractivity contribution in [3.8, 4) is 0 Å². The molecule has 0 bridgehead atoms. The Labute approximate surface area is 155 Å². The van der Waals surface area contributed by atoms with Gasteiger partial charge in [0, 0.05) is 0 Å². The summed E-state index contributed by atoms with van der Waals surface area (Å²) >= 11 is 0. The van der Waals surface area contributed by atoms with E-state index in [9.17, 15) is 53.4 Å². The third kappa shape index (κ3) is 4.02. The number of alkyl halides is 11. The van der Waals surface area contributed by atoms with Crippen LogP contribution in [0.4, 0.5) is 48.3 Å². The van der Waals surface area contributed by atoms with Crippen LogP contribution >= 0.6 is 0 Å². The molecule has 0 aliphatic heterocycles. The lowest BCUT2D eigenvalue weighted by molar-refractivity contribution is -0.336. The van der Waals surface area contributed by atoms with E-state index in [1.54, 1.807) is 0 Å². The maximum Gasteiger partial charge on any atom is 0.457 e. The quantitative estimate of drug-likeness (QED) is 0.570. The van der Waals surface area contributed by atoms with Crippen LogP contribution in [0.3, 0.4) is 0 Å². The summed E-state index contributed by atoms with van der Waals surface area (Å²) in [5, 5.41) is 10.4. The van der Waals surface area contributed by atoms with Crippen molar-refractivity contribution < 1.29 is 53.4 Å². The Hall–Kier alpha value is -2.37. The molecule has 0 radical (unpaired) electrons. The van der Waals surface area contributed by atoms with E-state index in [4.69, 9.17) is 0 Å². The van der Waals surface area contributed by atoms with Crippen molar-refractivity contribution in [2.24, 2.45) is 0 Å². The van der Waals surface area contributed by atoms with Crippen LogP contribution in [0, 0.1) is 0 Å². The Bertz CT molecular complexity index is 863. The van der Waals surface area contributed by atoms with Gasteiger partial charge in [0.1, 0.15) is 0 Å². The first-order valence-electron chi connectivity index (χ1n) is 7.45. The number of halogens is 11. The van der Waals surface area contributed by atoms with Crippen LogP contribution in [-0.2, 0) is 18.0 Å².